The Balaban J connectivity index is 2.67. The summed E-state index contributed by atoms with van der Waals surface area (Å²) in [5, 5.41) is 0. The lowest BCUT2D eigenvalue weighted by Gasteiger charge is -1.85. The Labute approximate surface area is 63.0 Å². The predicted octanol–water partition coefficient (Wildman–Crippen LogP) is 0.479. The lowest BCUT2D eigenvalue weighted by molar-refractivity contribution is -0.117. The van der Waals surface area contributed by atoms with Gasteiger partial charge in [0.1, 0.15) is 0 Å². The number of nitrogens with two attached hydrogens (primary N) is 1. The zero-order chi connectivity index (χ0) is 7.56. The van der Waals surface area contributed by atoms with Gasteiger partial charge in [-0.3, -0.25) is 4.79 Å². The van der Waals surface area contributed by atoms with Gasteiger partial charge in [0.25, 0.3) is 0 Å². The van der Waals surface area contributed by atoms with Crippen LogP contribution in [0.1, 0.15) is 10.6 Å². The monoisotopic (exact) mass is 156 g/mol. The highest BCUT2D eigenvalue weighted by Crippen LogP contribution is 2.08. The fraction of sp³-hybridized carbons (Fsp3) is 0.333. The molecule has 54 valence electrons. The number of aryl methyl sites for hydroxylation is 1. The van der Waals surface area contributed by atoms with Gasteiger partial charge in [-0.2, -0.15) is 4.37 Å². The second kappa shape index (κ2) is 2.79. The predicted molar refractivity (Wildman–Crippen MR) is 39.7 cm³/mol. The van der Waals surface area contributed by atoms with E-state index in [4.69, 9.17) is 5.73 Å². The SMILES string of the molecule is Cc1cc(CC(N)=O)sn1. The van der Waals surface area contributed by atoms with Gasteiger partial charge in [0.05, 0.1) is 12.1 Å². The molecule has 1 aromatic heterocycles. The van der Waals surface area contributed by atoms with Gasteiger partial charge in [-0.1, -0.05) is 0 Å². The van der Waals surface area contributed by atoms with Crippen molar-refractivity contribution >= 4 is 17.4 Å². The van der Waals surface area contributed by atoms with E-state index < -0.39 is 0 Å². The molecule has 0 fully saturated rings. The maximum absolute atomic E-state index is 10.4. The number of hydrogen-bond donors (Lipinski definition) is 1. The topological polar surface area (TPSA) is 56.0 Å². The standard InChI is InChI=1S/C6H8N2OS/c1-4-2-5(10-8-4)3-6(7)9/h2H,3H2,1H3,(H2,7,9). The zero-order valence-corrected chi connectivity index (χ0v) is 6.44. The summed E-state index contributed by atoms with van der Waals surface area (Å²) in [6.45, 7) is 1.89. The Hall–Kier alpha value is -0.900. The van der Waals surface area contributed by atoms with E-state index in [1.54, 1.807) is 0 Å². The summed E-state index contributed by atoms with van der Waals surface area (Å²) in [5.41, 5.74) is 5.92. The third kappa shape index (κ3) is 1.80. The minimum Gasteiger partial charge on any atom is -0.369 e. The third-order valence-electron chi connectivity index (χ3n) is 1.03. The first kappa shape index (κ1) is 7.21. The van der Waals surface area contributed by atoms with Gasteiger partial charge in [0.15, 0.2) is 0 Å². The summed E-state index contributed by atoms with van der Waals surface area (Å²) >= 11 is 1.33. The molecule has 0 spiro atoms. The van der Waals surface area contributed by atoms with Crippen LogP contribution in [-0.4, -0.2) is 10.3 Å². The average Bonchev–Trinajstić information content (AvgIpc) is 2.13. The normalized spacial score (nSPS) is 9.70. The van der Waals surface area contributed by atoms with Crippen LogP contribution in [-0.2, 0) is 11.2 Å². The van der Waals surface area contributed by atoms with Gasteiger partial charge in [-0.15, -0.1) is 0 Å². The van der Waals surface area contributed by atoms with Crippen LogP contribution in [0.15, 0.2) is 6.07 Å². The van der Waals surface area contributed by atoms with Crippen molar-refractivity contribution in [2.45, 2.75) is 13.3 Å². The zero-order valence-electron chi connectivity index (χ0n) is 5.63. The summed E-state index contributed by atoms with van der Waals surface area (Å²) in [6, 6.07) is 1.87. The van der Waals surface area contributed by atoms with Crippen LogP contribution in [0.2, 0.25) is 0 Å². The van der Waals surface area contributed by atoms with E-state index in [1.165, 1.54) is 11.5 Å². The first-order chi connectivity index (χ1) is 4.68. The molecule has 0 aromatic carbocycles. The van der Waals surface area contributed by atoms with E-state index in [2.05, 4.69) is 4.37 Å². The van der Waals surface area contributed by atoms with E-state index >= 15 is 0 Å². The molecule has 2 N–H and O–H groups in total. The number of carbonyl (C=O) groups excluding carboxylic acids is 1. The van der Waals surface area contributed by atoms with Gasteiger partial charge in [-0.05, 0) is 24.5 Å². The van der Waals surface area contributed by atoms with Gasteiger partial charge in [0.2, 0.25) is 5.91 Å². The van der Waals surface area contributed by atoms with Crippen molar-refractivity contribution in [3.63, 3.8) is 0 Å². The molecule has 3 nitrogen and oxygen atoms in total. The molecular weight excluding hydrogens is 148 g/mol. The molecule has 1 heterocycles. The highest BCUT2D eigenvalue weighted by atomic mass is 32.1. The minimum atomic E-state index is -0.302. The molecule has 10 heavy (non-hydrogen) atoms. The largest absolute Gasteiger partial charge is 0.369 e. The smallest absolute Gasteiger partial charge is 0.222 e. The Bertz CT molecular complexity index is 244. The van der Waals surface area contributed by atoms with E-state index in [0.29, 0.717) is 6.42 Å². The first-order valence-corrected chi connectivity index (χ1v) is 3.66. The molecule has 1 aromatic rings. The van der Waals surface area contributed by atoms with Crippen molar-refractivity contribution in [1.29, 1.82) is 0 Å². The van der Waals surface area contributed by atoms with Gasteiger partial charge in [0, 0.05) is 4.88 Å². The molecule has 1 rings (SSSR count). The van der Waals surface area contributed by atoms with Gasteiger partial charge >= 0.3 is 0 Å². The van der Waals surface area contributed by atoms with Gasteiger partial charge < -0.3 is 5.73 Å². The fourth-order valence-corrected chi connectivity index (χ4v) is 1.42. The maximum atomic E-state index is 10.4. The van der Waals surface area contributed by atoms with Crippen molar-refractivity contribution in [3.05, 3.63) is 16.6 Å². The fourth-order valence-electron chi connectivity index (χ4n) is 0.671. The Kier molecular flexibility index (Phi) is 2.01. The van der Waals surface area contributed by atoms with Crippen molar-refractivity contribution in [3.8, 4) is 0 Å². The second-order valence-electron chi connectivity index (χ2n) is 2.08. The molecule has 0 saturated carbocycles. The number of nitrogens with zero attached hydrogens (tertiary/aromatic N) is 1. The van der Waals surface area contributed by atoms with E-state index in [0.717, 1.165) is 10.6 Å². The molecule has 0 bridgehead atoms. The molecule has 0 atom stereocenters. The number of rotatable bonds is 2. The lowest BCUT2D eigenvalue weighted by Crippen LogP contribution is -2.12. The highest BCUT2D eigenvalue weighted by molar-refractivity contribution is 7.05. The van der Waals surface area contributed by atoms with Crippen LogP contribution < -0.4 is 5.73 Å². The van der Waals surface area contributed by atoms with Crippen molar-refractivity contribution < 1.29 is 4.79 Å². The van der Waals surface area contributed by atoms with Crippen LogP contribution in [0.4, 0.5) is 0 Å². The van der Waals surface area contributed by atoms with Crippen LogP contribution >= 0.6 is 11.5 Å². The number of carbonyl (C=O) groups is 1. The van der Waals surface area contributed by atoms with E-state index in [1.807, 2.05) is 13.0 Å². The summed E-state index contributed by atoms with van der Waals surface area (Å²) in [7, 11) is 0. The summed E-state index contributed by atoms with van der Waals surface area (Å²) in [6.07, 6.45) is 0.311. The molecule has 0 radical (unpaired) electrons. The van der Waals surface area contributed by atoms with Gasteiger partial charge in [-0.25, -0.2) is 0 Å². The van der Waals surface area contributed by atoms with Crippen LogP contribution in [0, 0.1) is 6.92 Å². The quantitative estimate of drug-likeness (QED) is 0.677. The molecule has 4 heteroatoms. The van der Waals surface area contributed by atoms with Crippen LogP contribution in [0.25, 0.3) is 0 Å². The average molecular weight is 156 g/mol. The number of aromatic nitrogens is 1. The molecule has 1 amide bonds. The maximum Gasteiger partial charge on any atom is 0.222 e. The van der Waals surface area contributed by atoms with Crippen molar-refractivity contribution in [2.75, 3.05) is 0 Å². The molecule has 0 saturated heterocycles. The third-order valence-corrected chi connectivity index (χ3v) is 1.90. The molecule has 0 aliphatic heterocycles. The summed E-state index contributed by atoms with van der Waals surface area (Å²) < 4.78 is 4.00. The summed E-state index contributed by atoms with van der Waals surface area (Å²) in [5.74, 6) is -0.302. The second-order valence-corrected chi connectivity index (χ2v) is 2.97. The summed E-state index contributed by atoms with van der Waals surface area (Å²) in [4.78, 5) is 11.3. The minimum absolute atomic E-state index is 0.302. The van der Waals surface area contributed by atoms with E-state index in [-0.39, 0.29) is 5.91 Å². The van der Waals surface area contributed by atoms with E-state index in [9.17, 15) is 4.79 Å². The number of amides is 1. The van der Waals surface area contributed by atoms with Crippen LogP contribution in [0.5, 0.6) is 0 Å². The van der Waals surface area contributed by atoms with Crippen molar-refractivity contribution in [2.24, 2.45) is 5.73 Å². The number of primary amides is 1. The Morgan fingerprint density at radius 3 is 3.00 bits per heavy atom. The molecule has 0 aliphatic rings. The van der Waals surface area contributed by atoms with Crippen molar-refractivity contribution in [1.82, 2.24) is 4.37 Å². The van der Waals surface area contributed by atoms with Crippen LogP contribution in [0.3, 0.4) is 0 Å². The molecule has 0 unspecified atom stereocenters. The number of hydrogen-bond acceptors (Lipinski definition) is 3. The Morgan fingerprint density at radius 2 is 2.60 bits per heavy atom. The lowest BCUT2D eigenvalue weighted by atomic mass is 10.3. The molecule has 0 aliphatic carbocycles. The Morgan fingerprint density at radius 1 is 1.90 bits per heavy atom. The molecular formula is C6H8N2OS. The highest BCUT2D eigenvalue weighted by Gasteiger charge is 2.00. The first-order valence-electron chi connectivity index (χ1n) is 2.89.